The first-order valence-electron chi connectivity index (χ1n) is 14.8. The second-order valence-corrected chi connectivity index (χ2v) is 13.2. The van der Waals surface area contributed by atoms with E-state index in [1.54, 1.807) is 0 Å². The number of ketones is 1. The Hall–Kier alpha value is -3.55. The monoisotopic (exact) mass is 614 g/mol. The van der Waals surface area contributed by atoms with Crippen LogP contribution in [0.2, 0.25) is 5.02 Å². The number of Topliss-reactive ketones (excluding diaryl/α,β-unsaturated/α-hetero) is 1. The van der Waals surface area contributed by atoms with Crippen molar-refractivity contribution in [1.29, 1.82) is 0 Å². The molecular formula is C35H39ClN4O2S. The number of nitrogens with zero attached hydrogens (tertiary/aromatic N) is 2. The number of amides is 1. The lowest BCUT2D eigenvalue weighted by Crippen LogP contribution is -2.44. The van der Waals surface area contributed by atoms with Gasteiger partial charge in [-0.1, -0.05) is 71.8 Å². The number of carbonyl (C=O) groups excluding carboxylic acids is 2. The number of rotatable bonds is 11. The van der Waals surface area contributed by atoms with Gasteiger partial charge in [0.2, 0.25) is 5.91 Å². The molecule has 0 aliphatic heterocycles. The molecule has 2 N–H and O–H groups in total. The first-order valence-corrected chi connectivity index (χ1v) is 16.3. The van der Waals surface area contributed by atoms with E-state index in [0.717, 1.165) is 59.2 Å². The molecule has 1 heterocycles. The molecule has 0 bridgehead atoms. The number of carbonyl (C=O) groups is 2. The summed E-state index contributed by atoms with van der Waals surface area (Å²) >= 11 is 7.56. The highest BCUT2D eigenvalue weighted by Gasteiger charge is 2.28. The van der Waals surface area contributed by atoms with Gasteiger partial charge >= 0.3 is 0 Å². The molecule has 8 heteroatoms. The maximum atomic E-state index is 13.6. The number of fused-ring (bicyclic) bond motifs is 1. The summed E-state index contributed by atoms with van der Waals surface area (Å²) in [6, 6.07) is 25.9. The average molecular weight is 615 g/mol. The first-order chi connectivity index (χ1) is 20.7. The molecule has 1 aliphatic carbocycles. The molecule has 5 rings (SSSR count). The average Bonchev–Trinajstić information content (AvgIpc) is 3.00. The van der Waals surface area contributed by atoms with Gasteiger partial charge in [-0.25, -0.2) is 4.98 Å². The van der Waals surface area contributed by atoms with E-state index in [1.165, 1.54) is 11.8 Å². The van der Waals surface area contributed by atoms with Gasteiger partial charge in [-0.2, -0.15) is 0 Å². The van der Waals surface area contributed by atoms with Gasteiger partial charge in [-0.05, 0) is 56.4 Å². The van der Waals surface area contributed by atoms with Crippen LogP contribution in [0.1, 0.15) is 53.6 Å². The van der Waals surface area contributed by atoms with Gasteiger partial charge in [0, 0.05) is 66.1 Å². The molecule has 6 nitrogen and oxygen atoms in total. The van der Waals surface area contributed by atoms with Crippen LogP contribution in [0.5, 0.6) is 0 Å². The molecule has 0 radical (unpaired) electrons. The largest absolute Gasteiger partial charge is 0.377 e. The molecule has 1 aromatic heterocycles. The van der Waals surface area contributed by atoms with Crippen molar-refractivity contribution < 1.29 is 9.59 Å². The molecule has 43 heavy (non-hydrogen) atoms. The van der Waals surface area contributed by atoms with Crippen molar-refractivity contribution >= 4 is 57.5 Å². The van der Waals surface area contributed by atoms with E-state index in [-0.39, 0.29) is 30.2 Å². The van der Waals surface area contributed by atoms with E-state index >= 15 is 0 Å². The number of thioether (sulfide) groups is 1. The normalized spacial score (nSPS) is 17.3. The Bertz CT molecular complexity index is 1550. The number of hydrogen-bond acceptors (Lipinski definition) is 6. The maximum Gasteiger partial charge on any atom is 0.233 e. The summed E-state index contributed by atoms with van der Waals surface area (Å²) in [7, 11) is 4.10. The Labute approximate surface area is 263 Å². The number of pyridine rings is 1. The van der Waals surface area contributed by atoms with Crippen molar-refractivity contribution in [1.82, 2.24) is 10.3 Å². The van der Waals surface area contributed by atoms with Crippen LogP contribution in [0.4, 0.5) is 11.5 Å². The highest BCUT2D eigenvalue weighted by molar-refractivity contribution is 7.99. The van der Waals surface area contributed by atoms with E-state index in [1.807, 2.05) is 73.7 Å². The maximum absolute atomic E-state index is 13.6. The summed E-state index contributed by atoms with van der Waals surface area (Å²) in [6.45, 7) is 2.00. The molecule has 1 aliphatic rings. The second-order valence-electron chi connectivity index (χ2n) is 11.6. The van der Waals surface area contributed by atoms with Crippen molar-refractivity contribution in [3.63, 3.8) is 0 Å². The third kappa shape index (κ3) is 8.30. The first kappa shape index (κ1) is 30.9. The topological polar surface area (TPSA) is 74.3 Å². The number of nitrogens with one attached hydrogen (secondary N) is 2. The van der Waals surface area contributed by atoms with Crippen molar-refractivity contribution in [3.05, 3.63) is 101 Å². The summed E-state index contributed by atoms with van der Waals surface area (Å²) in [4.78, 5) is 33.7. The van der Waals surface area contributed by atoms with Gasteiger partial charge in [-0.3, -0.25) is 9.59 Å². The molecule has 0 spiro atoms. The Morgan fingerprint density at radius 2 is 1.63 bits per heavy atom. The summed E-state index contributed by atoms with van der Waals surface area (Å²) in [5.74, 6) is 1.42. The highest BCUT2D eigenvalue weighted by Crippen LogP contribution is 2.30. The fraction of sp³-hybridized carbons (Fsp3) is 0.343. The minimum atomic E-state index is -0.480. The SMILES string of the molecule is Cc1ccc(C(=O)CC(SCc2ccc(Cl)cc2)C(=O)N[C@H]2CC[C@@H](Nc3cc(N(C)C)c4ccccc4n3)CC2)cc1. The van der Waals surface area contributed by atoms with Crippen LogP contribution in [0.3, 0.4) is 0 Å². The van der Waals surface area contributed by atoms with E-state index < -0.39 is 5.25 Å². The molecular weight excluding hydrogens is 576 g/mol. The number of hydrogen-bond donors (Lipinski definition) is 2. The minimum absolute atomic E-state index is 0.0170. The van der Waals surface area contributed by atoms with E-state index in [2.05, 4.69) is 41.8 Å². The Kier molecular flexibility index (Phi) is 10.3. The number of para-hydroxylation sites is 1. The van der Waals surface area contributed by atoms with E-state index in [4.69, 9.17) is 16.6 Å². The molecule has 1 atom stereocenters. The van der Waals surface area contributed by atoms with Crippen LogP contribution in [0.25, 0.3) is 10.9 Å². The summed E-state index contributed by atoms with van der Waals surface area (Å²) in [5.41, 5.74) is 4.92. The van der Waals surface area contributed by atoms with Crippen LogP contribution in [0, 0.1) is 6.92 Å². The van der Waals surface area contributed by atoms with Gasteiger partial charge < -0.3 is 15.5 Å². The fourth-order valence-electron chi connectivity index (χ4n) is 5.52. The Morgan fingerprint density at radius 3 is 2.33 bits per heavy atom. The Balaban J connectivity index is 1.20. The minimum Gasteiger partial charge on any atom is -0.377 e. The van der Waals surface area contributed by atoms with Crippen LogP contribution < -0.4 is 15.5 Å². The number of halogens is 1. The van der Waals surface area contributed by atoms with E-state index in [0.29, 0.717) is 16.3 Å². The van der Waals surface area contributed by atoms with Crippen LogP contribution in [0.15, 0.2) is 78.9 Å². The van der Waals surface area contributed by atoms with Crippen molar-refractivity contribution in [2.45, 2.75) is 62.1 Å². The van der Waals surface area contributed by atoms with Crippen LogP contribution in [-0.2, 0) is 10.5 Å². The molecule has 1 unspecified atom stereocenters. The molecule has 0 saturated heterocycles. The lowest BCUT2D eigenvalue weighted by Gasteiger charge is -2.31. The third-order valence-corrected chi connectivity index (χ3v) is 9.54. The highest BCUT2D eigenvalue weighted by atomic mass is 35.5. The van der Waals surface area contributed by atoms with E-state index in [9.17, 15) is 9.59 Å². The van der Waals surface area contributed by atoms with Gasteiger partial charge in [0.1, 0.15) is 5.82 Å². The fourth-order valence-corrected chi connectivity index (χ4v) is 6.72. The predicted octanol–water partition coefficient (Wildman–Crippen LogP) is 7.68. The predicted molar refractivity (Wildman–Crippen MR) is 181 cm³/mol. The van der Waals surface area contributed by atoms with Crippen LogP contribution >= 0.6 is 23.4 Å². The molecule has 224 valence electrons. The molecule has 1 fully saturated rings. The molecule has 1 saturated carbocycles. The zero-order chi connectivity index (χ0) is 30.3. The number of benzene rings is 3. The molecule has 1 amide bonds. The lowest BCUT2D eigenvalue weighted by atomic mass is 9.91. The van der Waals surface area contributed by atoms with Crippen molar-refractivity contribution in [3.8, 4) is 0 Å². The van der Waals surface area contributed by atoms with Crippen LogP contribution in [-0.4, -0.2) is 48.1 Å². The summed E-state index contributed by atoms with van der Waals surface area (Å²) in [6.07, 6.45) is 3.77. The van der Waals surface area contributed by atoms with Gasteiger partial charge in [0.25, 0.3) is 0 Å². The smallest absolute Gasteiger partial charge is 0.233 e. The quantitative estimate of drug-likeness (QED) is 0.169. The zero-order valence-electron chi connectivity index (χ0n) is 25.0. The standard InChI is InChI=1S/C35H39ClN4O2S/c1-23-8-12-25(13-9-23)32(41)21-33(43-22-24-10-14-26(36)15-11-24)35(42)38-28-18-16-27(17-19-28)37-34-20-31(40(2)3)29-6-4-5-7-30(29)39-34/h4-15,20,27-28,33H,16-19,21-22H2,1-3H3,(H,37,39)(H,38,42)/t27-,28+,33?. The zero-order valence-corrected chi connectivity index (χ0v) is 26.5. The number of anilines is 2. The Morgan fingerprint density at radius 1 is 0.953 bits per heavy atom. The van der Waals surface area contributed by atoms with Gasteiger partial charge in [-0.15, -0.1) is 11.8 Å². The number of aromatic nitrogens is 1. The number of aryl methyl sites for hydroxylation is 1. The summed E-state index contributed by atoms with van der Waals surface area (Å²) < 4.78 is 0. The second kappa shape index (κ2) is 14.3. The summed E-state index contributed by atoms with van der Waals surface area (Å²) in [5, 5.41) is 8.26. The molecule has 3 aromatic carbocycles. The van der Waals surface area contributed by atoms with Crippen molar-refractivity contribution in [2.75, 3.05) is 24.3 Å². The van der Waals surface area contributed by atoms with Gasteiger partial charge in [0.15, 0.2) is 5.78 Å². The van der Waals surface area contributed by atoms with Gasteiger partial charge in [0.05, 0.1) is 10.8 Å². The molecule has 4 aromatic rings. The third-order valence-electron chi connectivity index (χ3n) is 8.00. The van der Waals surface area contributed by atoms with Crippen molar-refractivity contribution in [2.24, 2.45) is 0 Å². The lowest BCUT2D eigenvalue weighted by molar-refractivity contribution is -0.121.